The van der Waals surface area contributed by atoms with Crippen LogP contribution in [0.1, 0.15) is 51.9 Å². The van der Waals surface area contributed by atoms with Crippen molar-refractivity contribution in [2.24, 2.45) is 5.92 Å². The summed E-state index contributed by atoms with van der Waals surface area (Å²) in [5, 5.41) is 2.96. The third kappa shape index (κ3) is 9.86. The van der Waals surface area contributed by atoms with E-state index in [4.69, 9.17) is 0 Å². The zero-order valence-electron chi connectivity index (χ0n) is 11.2. The number of hydrogen-bond acceptors (Lipinski definition) is 1. The smallest absolute Gasteiger partial charge is 0.219 e. The lowest BCUT2D eigenvalue weighted by atomic mass is 9.98. The largest absolute Gasteiger partial charge is 0.356 e. The number of amides is 1. The van der Waals surface area contributed by atoms with E-state index in [2.05, 4.69) is 25.4 Å². The minimum Gasteiger partial charge on any atom is -0.356 e. The molecule has 0 aromatic heterocycles. The fraction of sp³-hybridized carbons (Fsp3) is 0.667. The molecule has 0 saturated carbocycles. The van der Waals surface area contributed by atoms with E-state index in [0.29, 0.717) is 12.3 Å². The highest BCUT2D eigenvalue weighted by molar-refractivity contribution is 5.75. The molecular weight excluding hydrogens is 210 g/mol. The predicted molar refractivity (Wildman–Crippen MR) is 74.9 cm³/mol. The van der Waals surface area contributed by atoms with Crippen LogP contribution in [0.2, 0.25) is 0 Å². The number of carbonyl (C=O) groups excluding carboxylic acids is 1. The molecule has 0 aliphatic rings. The maximum Gasteiger partial charge on any atom is 0.219 e. The van der Waals surface area contributed by atoms with Gasteiger partial charge in [0.25, 0.3) is 0 Å². The molecule has 0 rings (SSSR count). The van der Waals surface area contributed by atoms with Gasteiger partial charge in [-0.05, 0) is 31.6 Å². The number of unbranched alkanes of at least 4 members (excludes halogenated alkanes) is 2. The summed E-state index contributed by atoms with van der Waals surface area (Å²) in [7, 11) is 0. The van der Waals surface area contributed by atoms with E-state index in [1.807, 2.05) is 12.2 Å². The van der Waals surface area contributed by atoms with Crippen molar-refractivity contribution in [1.29, 1.82) is 0 Å². The molecule has 1 amide bonds. The molecule has 0 spiro atoms. The molecule has 0 bridgehead atoms. The molecule has 17 heavy (non-hydrogen) atoms. The van der Waals surface area contributed by atoms with E-state index in [1.54, 1.807) is 0 Å². The first-order chi connectivity index (χ1) is 8.24. The van der Waals surface area contributed by atoms with Crippen LogP contribution < -0.4 is 5.32 Å². The van der Waals surface area contributed by atoms with Gasteiger partial charge in [-0.2, -0.15) is 0 Å². The van der Waals surface area contributed by atoms with Crippen molar-refractivity contribution in [2.75, 3.05) is 6.54 Å². The van der Waals surface area contributed by atoms with E-state index in [-0.39, 0.29) is 5.91 Å². The van der Waals surface area contributed by atoms with Crippen molar-refractivity contribution >= 4 is 5.91 Å². The van der Waals surface area contributed by atoms with Gasteiger partial charge in [0.15, 0.2) is 0 Å². The zero-order chi connectivity index (χ0) is 12.9. The summed E-state index contributed by atoms with van der Waals surface area (Å²) in [6, 6.07) is 0. The van der Waals surface area contributed by atoms with Crippen LogP contribution in [0.25, 0.3) is 0 Å². The van der Waals surface area contributed by atoms with Crippen molar-refractivity contribution < 1.29 is 4.79 Å². The standard InChI is InChI=1S/C15H27NO/c1-4-7-8-13-16-15(17)12-9-11-14(6-3)10-5-2/h5-6,14H,2-4,7-13H2,1H3,(H,16,17)/t14-/m0/s1. The summed E-state index contributed by atoms with van der Waals surface area (Å²) in [4.78, 5) is 11.5. The molecule has 0 radical (unpaired) electrons. The van der Waals surface area contributed by atoms with Crippen LogP contribution in [0.3, 0.4) is 0 Å². The van der Waals surface area contributed by atoms with Crippen molar-refractivity contribution in [3.8, 4) is 0 Å². The first kappa shape index (κ1) is 16.0. The first-order valence-electron chi connectivity index (χ1n) is 6.74. The predicted octanol–water partition coefficient (Wildman–Crippen LogP) is 3.84. The second-order valence-electron chi connectivity index (χ2n) is 4.47. The molecule has 0 aromatic rings. The fourth-order valence-electron chi connectivity index (χ4n) is 1.76. The number of hydrogen-bond donors (Lipinski definition) is 1. The van der Waals surface area contributed by atoms with Crippen LogP contribution in [0.4, 0.5) is 0 Å². The second kappa shape index (κ2) is 11.4. The van der Waals surface area contributed by atoms with Crippen LogP contribution in [0.5, 0.6) is 0 Å². The van der Waals surface area contributed by atoms with Crippen LogP contribution in [-0.2, 0) is 4.79 Å². The molecule has 0 unspecified atom stereocenters. The third-order valence-electron chi connectivity index (χ3n) is 2.88. The summed E-state index contributed by atoms with van der Waals surface area (Å²) in [5.41, 5.74) is 0. The van der Waals surface area contributed by atoms with Gasteiger partial charge in [0.05, 0.1) is 0 Å². The Kier molecular flexibility index (Phi) is 10.7. The average Bonchev–Trinajstić information content (AvgIpc) is 2.33. The highest BCUT2D eigenvalue weighted by atomic mass is 16.1. The van der Waals surface area contributed by atoms with Crippen LogP contribution in [-0.4, -0.2) is 12.5 Å². The molecular formula is C15H27NO. The minimum absolute atomic E-state index is 0.183. The lowest BCUT2D eigenvalue weighted by Crippen LogP contribution is -2.24. The Labute approximate surface area is 106 Å². The normalized spacial score (nSPS) is 11.8. The van der Waals surface area contributed by atoms with Crippen LogP contribution in [0.15, 0.2) is 25.3 Å². The van der Waals surface area contributed by atoms with E-state index < -0.39 is 0 Å². The summed E-state index contributed by atoms with van der Waals surface area (Å²) < 4.78 is 0. The molecule has 1 N–H and O–H groups in total. The first-order valence-corrected chi connectivity index (χ1v) is 6.74. The van der Waals surface area contributed by atoms with Crippen molar-refractivity contribution in [2.45, 2.75) is 51.9 Å². The Morgan fingerprint density at radius 2 is 2.06 bits per heavy atom. The maximum atomic E-state index is 11.5. The van der Waals surface area contributed by atoms with Gasteiger partial charge in [-0.25, -0.2) is 0 Å². The molecule has 2 heteroatoms. The molecule has 0 heterocycles. The zero-order valence-corrected chi connectivity index (χ0v) is 11.2. The third-order valence-corrected chi connectivity index (χ3v) is 2.88. The molecule has 98 valence electrons. The number of allylic oxidation sites excluding steroid dienone is 2. The van der Waals surface area contributed by atoms with Crippen LogP contribution in [0, 0.1) is 5.92 Å². The Balaban J connectivity index is 3.49. The molecule has 0 aromatic carbocycles. The lowest BCUT2D eigenvalue weighted by molar-refractivity contribution is -0.121. The van der Waals surface area contributed by atoms with E-state index in [0.717, 1.165) is 32.2 Å². The SMILES string of the molecule is C=CC[C@H](C=C)CCCC(=O)NCCCCC. The van der Waals surface area contributed by atoms with E-state index in [1.165, 1.54) is 12.8 Å². The van der Waals surface area contributed by atoms with E-state index >= 15 is 0 Å². The minimum atomic E-state index is 0.183. The lowest BCUT2D eigenvalue weighted by Gasteiger charge is -2.09. The maximum absolute atomic E-state index is 11.5. The number of nitrogens with one attached hydrogen (secondary N) is 1. The van der Waals surface area contributed by atoms with Gasteiger partial charge in [-0.1, -0.05) is 31.9 Å². The van der Waals surface area contributed by atoms with Crippen LogP contribution >= 0.6 is 0 Å². The Bertz CT molecular complexity index is 223. The fourth-order valence-corrected chi connectivity index (χ4v) is 1.76. The van der Waals surface area contributed by atoms with Gasteiger partial charge in [0, 0.05) is 13.0 Å². The topological polar surface area (TPSA) is 29.1 Å². The Morgan fingerprint density at radius 3 is 2.65 bits per heavy atom. The quantitative estimate of drug-likeness (QED) is 0.429. The molecule has 0 aliphatic heterocycles. The summed E-state index contributed by atoms with van der Waals surface area (Å²) in [6.07, 6.45) is 10.9. The highest BCUT2D eigenvalue weighted by Crippen LogP contribution is 2.13. The van der Waals surface area contributed by atoms with Gasteiger partial charge < -0.3 is 5.32 Å². The second-order valence-corrected chi connectivity index (χ2v) is 4.47. The van der Waals surface area contributed by atoms with Gasteiger partial charge in [0.1, 0.15) is 0 Å². The van der Waals surface area contributed by atoms with Crippen molar-refractivity contribution in [3.63, 3.8) is 0 Å². The van der Waals surface area contributed by atoms with Crippen molar-refractivity contribution in [3.05, 3.63) is 25.3 Å². The molecule has 0 saturated heterocycles. The highest BCUT2D eigenvalue weighted by Gasteiger charge is 2.04. The number of rotatable bonds is 11. The number of carbonyl (C=O) groups is 1. The summed E-state index contributed by atoms with van der Waals surface area (Å²) in [6.45, 7) is 10.5. The van der Waals surface area contributed by atoms with Gasteiger partial charge in [-0.15, -0.1) is 13.2 Å². The van der Waals surface area contributed by atoms with E-state index in [9.17, 15) is 4.79 Å². The summed E-state index contributed by atoms with van der Waals surface area (Å²) >= 11 is 0. The molecule has 1 atom stereocenters. The molecule has 0 aliphatic carbocycles. The molecule has 2 nitrogen and oxygen atoms in total. The van der Waals surface area contributed by atoms with Crippen molar-refractivity contribution in [1.82, 2.24) is 5.32 Å². The van der Waals surface area contributed by atoms with Gasteiger partial charge >= 0.3 is 0 Å². The molecule has 0 fully saturated rings. The van der Waals surface area contributed by atoms with Gasteiger partial charge in [-0.3, -0.25) is 4.79 Å². The Morgan fingerprint density at radius 1 is 1.29 bits per heavy atom. The average molecular weight is 237 g/mol. The van der Waals surface area contributed by atoms with Gasteiger partial charge in [0.2, 0.25) is 5.91 Å². The Hall–Kier alpha value is -1.05. The summed E-state index contributed by atoms with van der Waals surface area (Å²) in [5.74, 6) is 0.655. The monoisotopic (exact) mass is 237 g/mol.